The molecule has 0 spiro atoms. The lowest BCUT2D eigenvalue weighted by molar-refractivity contribution is -0.161. The number of esters is 2. The molecule has 0 saturated heterocycles. The van der Waals surface area contributed by atoms with Gasteiger partial charge in [0.1, 0.15) is 12.7 Å². The molecular formula is C44H85O10P. The molecule has 0 radical (unpaired) electrons. The van der Waals surface area contributed by atoms with Crippen molar-refractivity contribution in [1.29, 1.82) is 0 Å². The largest absolute Gasteiger partial charge is 0.472 e. The van der Waals surface area contributed by atoms with Crippen LogP contribution < -0.4 is 0 Å². The van der Waals surface area contributed by atoms with Gasteiger partial charge in [0.25, 0.3) is 0 Å². The van der Waals surface area contributed by atoms with Crippen molar-refractivity contribution < 1.29 is 47.8 Å². The van der Waals surface area contributed by atoms with Crippen LogP contribution in [0.25, 0.3) is 0 Å². The third-order valence-electron chi connectivity index (χ3n) is 9.92. The second-order valence-electron chi connectivity index (χ2n) is 15.4. The summed E-state index contributed by atoms with van der Waals surface area (Å²) in [6, 6.07) is 0. The van der Waals surface area contributed by atoms with Gasteiger partial charge in [0.2, 0.25) is 0 Å². The number of phosphoric acid groups is 1. The molecule has 3 N–H and O–H groups in total. The van der Waals surface area contributed by atoms with Crippen LogP contribution in [0.5, 0.6) is 0 Å². The molecule has 0 aromatic rings. The van der Waals surface area contributed by atoms with Crippen molar-refractivity contribution in [2.24, 2.45) is 0 Å². The van der Waals surface area contributed by atoms with E-state index in [1.807, 2.05) is 0 Å². The van der Waals surface area contributed by atoms with Crippen LogP contribution in [0.2, 0.25) is 0 Å². The summed E-state index contributed by atoms with van der Waals surface area (Å²) >= 11 is 0. The Labute approximate surface area is 336 Å². The molecule has 0 aliphatic rings. The molecule has 1 unspecified atom stereocenters. The molecule has 3 atom stereocenters. The van der Waals surface area contributed by atoms with Gasteiger partial charge in [0, 0.05) is 12.8 Å². The highest BCUT2D eigenvalue weighted by atomic mass is 31.2. The zero-order chi connectivity index (χ0) is 40.5. The van der Waals surface area contributed by atoms with Crippen molar-refractivity contribution in [3.05, 3.63) is 12.2 Å². The first-order valence-corrected chi connectivity index (χ1v) is 24.1. The van der Waals surface area contributed by atoms with Crippen LogP contribution in [0.1, 0.15) is 219 Å². The minimum Gasteiger partial charge on any atom is -0.462 e. The third kappa shape index (κ3) is 40.7. The molecule has 0 amide bonds. The van der Waals surface area contributed by atoms with Crippen molar-refractivity contribution >= 4 is 19.8 Å². The molecule has 0 rings (SSSR count). The summed E-state index contributed by atoms with van der Waals surface area (Å²) < 4.78 is 32.7. The van der Waals surface area contributed by atoms with Crippen LogP contribution in [0.3, 0.4) is 0 Å². The van der Waals surface area contributed by atoms with E-state index in [9.17, 15) is 24.2 Å². The van der Waals surface area contributed by atoms with E-state index in [0.29, 0.717) is 12.8 Å². The second-order valence-corrected chi connectivity index (χ2v) is 16.9. The summed E-state index contributed by atoms with van der Waals surface area (Å²) in [6.45, 7) is 2.40. The summed E-state index contributed by atoms with van der Waals surface area (Å²) in [7, 11) is -4.61. The highest BCUT2D eigenvalue weighted by Crippen LogP contribution is 2.43. The predicted octanol–water partition coefficient (Wildman–Crippen LogP) is 12.0. The van der Waals surface area contributed by atoms with Gasteiger partial charge in [0.05, 0.1) is 19.8 Å². The molecule has 0 aliphatic carbocycles. The number of hydrogen-bond acceptors (Lipinski definition) is 9. The van der Waals surface area contributed by atoms with Crippen LogP contribution in [0.15, 0.2) is 12.2 Å². The van der Waals surface area contributed by atoms with Crippen molar-refractivity contribution in [1.82, 2.24) is 0 Å². The number of carbonyl (C=O) groups is 2. The Balaban J connectivity index is 4.25. The highest BCUT2D eigenvalue weighted by molar-refractivity contribution is 7.47. The number of unbranched alkanes of at least 4 members (excludes halogenated alkanes) is 27. The van der Waals surface area contributed by atoms with E-state index in [1.54, 1.807) is 0 Å². The molecule has 0 aliphatic heterocycles. The van der Waals surface area contributed by atoms with Crippen molar-refractivity contribution in [3.63, 3.8) is 0 Å². The monoisotopic (exact) mass is 805 g/mol. The molecule has 55 heavy (non-hydrogen) atoms. The number of phosphoric ester groups is 1. The molecule has 0 heterocycles. The van der Waals surface area contributed by atoms with Gasteiger partial charge < -0.3 is 24.6 Å². The van der Waals surface area contributed by atoms with E-state index >= 15 is 0 Å². The van der Waals surface area contributed by atoms with Gasteiger partial charge >= 0.3 is 19.8 Å². The fourth-order valence-electron chi connectivity index (χ4n) is 6.40. The first-order valence-electron chi connectivity index (χ1n) is 22.6. The average molecular weight is 805 g/mol. The third-order valence-corrected chi connectivity index (χ3v) is 10.9. The molecule has 10 nitrogen and oxygen atoms in total. The Hall–Kier alpha value is -1.29. The van der Waals surface area contributed by atoms with E-state index < -0.39 is 51.8 Å². The molecule has 0 aromatic heterocycles. The van der Waals surface area contributed by atoms with Crippen LogP contribution >= 0.6 is 7.82 Å². The second kappa shape index (κ2) is 40.9. The predicted molar refractivity (Wildman–Crippen MR) is 224 cm³/mol. The number of rotatable bonds is 43. The SMILES string of the molecule is CCCCCCCC/C=C/CCCCCCCC(=O)OC[C@H](COP(=O)(O)OC[C@@H](O)CO)OC(=O)CCCCCCCCCCCCCCCCCCC. The van der Waals surface area contributed by atoms with E-state index in [1.165, 1.54) is 128 Å². The highest BCUT2D eigenvalue weighted by Gasteiger charge is 2.27. The Morgan fingerprint density at radius 2 is 0.891 bits per heavy atom. The standard InChI is InChI=1S/C44H85O10P/c1-3-5-7-9-11-13-15-17-19-20-22-24-26-28-30-32-34-36-44(48)54-42(40-53-55(49,50)52-38-41(46)37-45)39-51-43(47)35-33-31-29-27-25-23-21-18-16-14-12-10-8-6-4-2/h18,21,41-42,45-46H,3-17,19-20,22-40H2,1-2H3,(H,49,50)/b21-18+/t41-,42+/m0/s1. The summed E-state index contributed by atoms with van der Waals surface area (Å²) in [5.41, 5.74) is 0. The average Bonchev–Trinajstić information content (AvgIpc) is 3.17. The van der Waals surface area contributed by atoms with Crippen molar-refractivity contribution in [2.75, 3.05) is 26.4 Å². The van der Waals surface area contributed by atoms with Crippen LogP contribution in [0, 0.1) is 0 Å². The van der Waals surface area contributed by atoms with Gasteiger partial charge in [-0.3, -0.25) is 18.6 Å². The Morgan fingerprint density at radius 1 is 0.527 bits per heavy atom. The normalized spacial score (nSPS) is 13.9. The number of hydrogen-bond donors (Lipinski definition) is 3. The van der Waals surface area contributed by atoms with Gasteiger partial charge in [-0.25, -0.2) is 4.57 Å². The van der Waals surface area contributed by atoms with Crippen LogP contribution in [-0.2, 0) is 32.7 Å². The van der Waals surface area contributed by atoms with Gasteiger partial charge in [-0.2, -0.15) is 0 Å². The Morgan fingerprint density at radius 3 is 1.31 bits per heavy atom. The van der Waals surface area contributed by atoms with Crippen molar-refractivity contribution in [2.45, 2.75) is 232 Å². The summed E-state index contributed by atoms with van der Waals surface area (Å²) in [6.07, 6.45) is 38.9. The number of aliphatic hydroxyl groups is 2. The Kier molecular flexibility index (Phi) is 39.9. The van der Waals surface area contributed by atoms with E-state index in [4.69, 9.17) is 23.6 Å². The zero-order valence-electron chi connectivity index (χ0n) is 35.4. The maximum atomic E-state index is 12.6. The number of allylic oxidation sites excluding steroid dienone is 2. The molecule has 0 fully saturated rings. The molecule has 11 heteroatoms. The first-order chi connectivity index (χ1) is 26.7. The minimum atomic E-state index is -4.61. The maximum absolute atomic E-state index is 12.6. The van der Waals surface area contributed by atoms with Gasteiger partial charge in [0.15, 0.2) is 6.10 Å². The fraction of sp³-hybridized carbons (Fsp3) is 0.909. The number of aliphatic hydroxyl groups excluding tert-OH is 2. The molecule has 326 valence electrons. The lowest BCUT2D eigenvalue weighted by atomic mass is 10.0. The molecule has 0 bridgehead atoms. The van der Waals surface area contributed by atoms with E-state index in [-0.39, 0.29) is 19.4 Å². The zero-order valence-corrected chi connectivity index (χ0v) is 36.3. The Bertz CT molecular complexity index is 930. The number of carbonyl (C=O) groups excluding carboxylic acids is 2. The van der Waals surface area contributed by atoms with Gasteiger partial charge in [-0.05, 0) is 38.5 Å². The topological polar surface area (TPSA) is 149 Å². The quantitative estimate of drug-likeness (QED) is 0.0235. The summed E-state index contributed by atoms with van der Waals surface area (Å²) in [5.74, 6) is -0.923. The minimum absolute atomic E-state index is 0.188. The lowest BCUT2D eigenvalue weighted by Gasteiger charge is -2.20. The fourth-order valence-corrected chi connectivity index (χ4v) is 7.19. The first kappa shape index (κ1) is 53.7. The maximum Gasteiger partial charge on any atom is 0.472 e. The van der Waals surface area contributed by atoms with Crippen molar-refractivity contribution in [3.8, 4) is 0 Å². The van der Waals surface area contributed by atoms with Gasteiger partial charge in [-0.1, -0.05) is 180 Å². The number of ether oxygens (including phenoxy) is 2. The molecular weight excluding hydrogens is 719 g/mol. The smallest absolute Gasteiger partial charge is 0.462 e. The van der Waals surface area contributed by atoms with E-state index in [2.05, 4.69) is 26.0 Å². The molecule has 0 aromatic carbocycles. The molecule has 0 saturated carbocycles. The summed E-state index contributed by atoms with van der Waals surface area (Å²) in [4.78, 5) is 35.0. The van der Waals surface area contributed by atoms with Crippen LogP contribution in [-0.4, -0.2) is 65.7 Å². The van der Waals surface area contributed by atoms with Crippen LogP contribution in [0.4, 0.5) is 0 Å². The van der Waals surface area contributed by atoms with E-state index in [0.717, 1.165) is 51.4 Å². The van der Waals surface area contributed by atoms with Gasteiger partial charge in [-0.15, -0.1) is 0 Å². The summed E-state index contributed by atoms with van der Waals surface area (Å²) in [5, 5.41) is 18.3. The lowest BCUT2D eigenvalue weighted by Crippen LogP contribution is -2.29.